The van der Waals surface area contributed by atoms with Crippen LogP contribution in [0.4, 0.5) is 10.1 Å². The van der Waals surface area contributed by atoms with Gasteiger partial charge in [-0.1, -0.05) is 30.3 Å². The second kappa shape index (κ2) is 10.1. The Kier molecular flexibility index (Phi) is 7.85. The molecular weight excluding hydrogens is 363 g/mol. The standard InChI is InChI=1S/C21H25FN2O2S/c1-15(2)24(13-17-7-5-4-6-8-17)21(26)16(3)27-14-20(25)23-19-11-9-18(22)10-12-19/h4-12,15-16H,13-14H2,1-3H3,(H,23,25). The Bertz CT molecular complexity index is 751. The van der Waals surface area contributed by atoms with Crippen molar-refractivity contribution in [2.75, 3.05) is 11.1 Å². The number of halogens is 1. The van der Waals surface area contributed by atoms with E-state index in [1.165, 1.54) is 36.0 Å². The first kappa shape index (κ1) is 21.0. The molecule has 0 aromatic heterocycles. The Morgan fingerprint density at radius 2 is 1.67 bits per heavy atom. The number of nitrogens with one attached hydrogen (secondary N) is 1. The van der Waals surface area contributed by atoms with Gasteiger partial charge in [-0.3, -0.25) is 9.59 Å². The second-order valence-corrected chi connectivity index (χ2v) is 7.88. The second-order valence-electron chi connectivity index (χ2n) is 6.55. The number of rotatable bonds is 8. The zero-order chi connectivity index (χ0) is 19.8. The summed E-state index contributed by atoms with van der Waals surface area (Å²) in [7, 11) is 0. The molecule has 2 amide bonds. The van der Waals surface area contributed by atoms with Gasteiger partial charge in [0.2, 0.25) is 11.8 Å². The van der Waals surface area contributed by atoms with Gasteiger partial charge in [0.25, 0.3) is 0 Å². The molecule has 0 saturated heterocycles. The minimum atomic E-state index is -0.353. The van der Waals surface area contributed by atoms with Crippen LogP contribution in [-0.2, 0) is 16.1 Å². The lowest BCUT2D eigenvalue weighted by atomic mass is 10.2. The van der Waals surface area contributed by atoms with Crippen LogP contribution >= 0.6 is 11.8 Å². The highest BCUT2D eigenvalue weighted by molar-refractivity contribution is 8.01. The number of nitrogens with zero attached hydrogens (tertiary/aromatic N) is 1. The molecule has 1 atom stereocenters. The van der Waals surface area contributed by atoms with Crippen molar-refractivity contribution in [2.24, 2.45) is 0 Å². The van der Waals surface area contributed by atoms with Crippen molar-refractivity contribution < 1.29 is 14.0 Å². The minimum Gasteiger partial charge on any atom is -0.335 e. The predicted molar refractivity (Wildman–Crippen MR) is 109 cm³/mol. The molecule has 0 fully saturated rings. The highest BCUT2D eigenvalue weighted by atomic mass is 32.2. The van der Waals surface area contributed by atoms with Gasteiger partial charge in [0, 0.05) is 18.3 Å². The third-order valence-corrected chi connectivity index (χ3v) is 5.17. The summed E-state index contributed by atoms with van der Waals surface area (Å²) in [5, 5.41) is 2.37. The maximum absolute atomic E-state index is 12.9. The monoisotopic (exact) mass is 388 g/mol. The van der Waals surface area contributed by atoms with E-state index in [0.717, 1.165) is 5.56 Å². The van der Waals surface area contributed by atoms with Gasteiger partial charge in [-0.15, -0.1) is 11.8 Å². The molecule has 0 aliphatic carbocycles. The maximum atomic E-state index is 12.9. The summed E-state index contributed by atoms with van der Waals surface area (Å²) >= 11 is 1.29. The number of anilines is 1. The molecule has 0 radical (unpaired) electrons. The van der Waals surface area contributed by atoms with Crippen LogP contribution in [-0.4, -0.2) is 33.8 Å². The summed E-state index contributed by atoms with van der Waals surface area (Å²) in [5.41, 5.74) is 1.61. The Balaban J connectivity index is 1.88. The van der Waals surface area contributed by atoms with Gasteiger partial charge in [-0.2, -0.15) is 0 Å². The van der Waals surface area contributed by atoms with Gasteiger partial charge < -0.3 is 10.2 Å². The maximum Gasteiger partial charge on any atom is 0.235 e. The molecule has 1 N–H and O–H groups in total. The van der Waals surface area contributed by atoms with Gasteiger partial charge >= 0.3 is 0 Å². The molecule has 27 heavy (non-hydrogen) atoms. The summed E-state index contributed by atoms with van der Waals surface area (Å²) < 4.78 is 12.9. The smallest absolute Gasteiger partial charge is 0.235 e. The fourth-order valence-corrected chi connectivity index (χ4v) is 3.28. The molecule has 4 nitrogen and oxygen atoms in total. The molecule has 0 saturated carbocycles. The van der Waals surface area contributed by atoms with E-state index in [1.807, 2.05) is 56.0 Å². The van der Waals surface area contributed by atoms with Gasteiger partial charge in [-0.05, 0) is 50.6 Å². The first-order valence-corrected chi connectivity index (χ1v) is 9.93. The van der Waals surface area contributed by atoms with Crippen molar-refractivity contribution in [3.63, 3.8) is 0 Å². The highest BCUT2D eigenvalue weighted by Gasteiger charge is 2.24. The number of benzene rings is 2. The summed E-state index contributed by atoms with van der Waals surface area (Å²) in [6.45, 7) is 6.33. The van der Waals surface area contributed by atoms with E-state index in [-0.39, 0.29) is 34.7 Å². The largest absolute Gasteiger partial charge is 0.335 e. The predicted octanol–water partition coefficient (Wildman–Crippen LogP) is 4.32. The van der Waals surface area contributed by atoms with E-state index in [2.05, 4.69) is 5.32 Å². The Morgan fingerprint density at radius 1 is 1.04 bits per heavy atom. The molecule has 1 unspecified atom stereocenters. The third kappa shape index (κ3) is 6.71. The van der Waals surface area contributed by atoms with Gasteiger partial charge in [0.15, 0.2) is 0 Å². The molecule has 144 valence electrons. The fraction of sp³-hybridized carbons (Fsp3) is 0.333. The van der Waals surface area contributed by atoms with E-state index in [0.29, 0.717) is 12.2 Å². The first-order valence-electron chi connectivity index (χ1n) is 8.88. The van der Waals surface area contributed by atoms with E-state index >= 15 is 0 Å². The fourth-order valence-electron chi connectivity index (χ4n) is 2.53. The third-order valence-electron chi connectivity index (χ3n) is 4.04. The van der Waals surface area contributed by atoms with Crippen molar-refractivity contribution in [3.05, 3.63) is 66.0 Å². The number of hydrogen-bond donors (Lipinski definition) is 1. The highest BCUT2D eigenvalue weighted by Crippen LogP contribution is 2.18. The number of hydrogen-bond acceptors (Lipinski definition) is 3. The summed E-state index contributed by atoms with van der Waals surface area (Å²) in [6.07, 6.45) is 0. The number of carbonyl (C=O) groups excluding carboxylic acids is 2. The van der Waals surface area contributed by atoms with Crippen LogP contribution in [0.25, 0.3) is 0 Å². The van der Waals surface area contributed by atoms with Gasteiger partial charge in [0.1, 0.15) is 5.82 Å². The number of carbonyl (C=O) groups is 2. The molecule has 2 aromatic rings. The van der Waals surface area contributed by atoms with Crippen LogP contribution in [0.15, 0.2) is 54.6 Å². The van der Waals surface area contributed by atoms with Crippen molar-refractivity contribution in [1.29, 1.82) is 0 Å². The summed E-state index contributed by atoms with van der Waals surface area (Å²) in [6, 6.07) is 15.5. The molecule has 0 bridgehead atoms. The van der Waals surface area contributed by atoms with Crippen molar-refractivity contribution in [3.8, 4) is 0 Å². The zero-order valence-corrected chi connectivity index (χ0v) is 16.6. The van der Waals surface area contributed by atoms with Crippen LogP contribution in [0.2, 0.25) is 0 Å². The van der Waals surface area contributed by atoms with Crippen LogP contribution < -0.4 is 5.32 Å². The average molecular weight is 389 g/mol. The van der Waals surface area contributed by atoms with Gasteiger partial charge in [-0.25, -0.2) is 4.39 Å². The lowest BCUT2D eigenvalue weighted by Crippen LogP contribution is -2.41. The molecule has 0 aliphatic heterocycles. The lowest BCUT2D eigenvalue weighted by molar-refractivity contribution is -0.132. The van der Waals surface area contributed by atoms with Gasteiger partial charge in [0.05, 0.1) is 11.0 Å². The van der Waals surface area contributed by atoms with Crippen LogP contribution in [0.1, 0.15) is 26.3 Å². The zero-order valence-electron chi connectivity index (χ0n) is 15.8. The minimum absolute atomic E-state index is 0.00781. The molecule has 0 spiro atoms. The van der Waals surface area contributed by atoms with Crippen molar-refractivity contribution >= 4 is 29.3 Å². The van der Waals surface area contributed by atoms with Crippen LogP contribution in [0, 0.1) is 5.82 Å². The molecule has 0 aliphatic rings. The Labute approximate surface area is 164 Å². The molecule has 2 rings (SSSR count). The quantitative estimate of drug-likeness (QED) is 0.733. The lowest BCUT2D eigenvalue weighted by Gasteiger charge is -2.29. The number of amides is 2. The normalized spacial score (nSPS) is 11.9. The Hall–Kier alpha value is -2.34. The topological polar surface area (TPSA) is 49.4 Å². The molecular formula is C21H25FN2O2S. The van der Waals surface area contributed by atoms with Crippen LogP contribution in [0.5, 0.6) is 0 Å². The first-order chi connectivity index (χ1) is 12.9. The Morgan fingerprint density at radius 3 is 2.26 bits per heavy atom. The molecule has 6 heteroatoms. The van der Waals surface area contributed by atoms with E-state index in [4.69, 9.17) is 0 Å². The van der Waals surface area contributed by atoms with Crippen molar-refractivity contribution in [1.82, 2.24) is 4.90 Å². The van der Waals surface area contributed by atoms with E-state index in [9.17, 15) is 14.0 Å². The molecule has 2 aromatic carbocycles. The summed E-state index contributed by atoms with van der Waals surface area (Å²) in [5.74, 6) is -0.408. The average Bonchev–Trinajstić information content (AvgIpc) is 2.66. The van der Waals surface area contributed by atoms with E-state index in [1.54, 1.807) is 0 Å². The van der Waals surface area contributed by atoms with E-state index < -0.39 is 0 Å². The summed E-state index contributed by atoms with van der Waals surface area (Å²) in [4.78, 5) is 26.7. The van der Waals surface area contributed by atoms with Crippen molar-refractivity contribution in [2.45, 2.75) is 38.6 Å². The number of thioether (sulfide) groups is 1. The SMILES string of the molecule is CC(SCC(=O)Nc1ccc(F)cc1)C(=O)N(Cc1ccccc1)C(C)C. The van der Waals surface area contributed by atoms with Crippen LogP contribution in [0.3, 0.4) is 0 Å². The molecule has 0 heterocycles.